The Kier molecular flexibility index (Phi) is 6.71. The number of piperidine rings is 1. The normalized spacial score (nSPS) is 20.5. The second kappa shape index (κ2) is 9.00. The summed E-state index contributed by atoms with van der Waals surface area (Å²) in [5.41, 5.74) is 2.37. The zero-order chi connectivity index (χ0) is 17.6. The topological polar surface area (TPSA) is 18.5 Å². The predicted octanol–water partition coefficient (Wildman–Crippen LogP) is 4.81. The summed E-state index contributed by atoms with van der Waals surface area (Å²) in [6, 6.07) is 9.88. The molecule has 1 aliphatic carbocycles. The lowest BCUT2D eigenvalue weighted by Crippen LogP contribution is -2.49. The van der Waals surface area contributed by atoms with Crippen molar-refractivity contribution in [1.29, 1.82) is 0 Å². The second-order valence-electron chi connectivity index (χ2n) is 7.77. The molecule has 1 aliphatic heterocycles. The molecule has 0 aromatic heterocycles. The maximum atomic E-state index is 5.66. The van der Waals surface area contributed by atoms with Crippen LogP contribution in [0.2, 0.25) is 0 Å². The van der Waals surface area contributed by atoms with Crippen molar-refractivity contribution in [3.8, 4) is 0 Å². The molecule has 0 bridgehead atoms. The van der Waals surface area contributed by atoms with E-state index in [4.69, 9.17) is 12.2 Å². The molecule has 4 heteroatoms. The maximum absolute atomic E-state index is 5.66. The van der Waals surface area contributed by atoms with Gasteiger partial charge < -0.3 is 15.1 Å². The Morgan fingerprint density at radius 1 is 1.00 bits per heavy atom. The number of rotatable bonds is 3. The third-order valence-electron chi connectivity index (χ3n) is 6.11. The zero-order valence-electron chi connectivity index (χ0n) is 15.8. The number of benzene rings is 1. The minimum Gasteiger partial charge on any atom is -0.349 e. The Morgan fingerprint density at radius 3 is 2.24 bits per heavy atom. The van der Waals surface area contributed by atoms with Crippen molar-refractivity contribution >= 4 is 23.0 Å². The van der Waals surface area contributed by atoms with Crippen LogP contribution in [0.4, 0.5) is 5.69 Å². The van der Waals surface area contributed by atoms with Gasteiger partial charge in [-0.15, -0.1) is 0 Å². The first-order valence-electron chi connectivity index (χ1n) is 9.98. The van der Waals surface area contributed by atoms with Crippen LogP contribution in [0.15, 0.2) is 24.3 Å². The quantitative estimate of drug-likeness (QED) is 0.616. The third-order valence-corrected chi connectivity index (χ3v) is 6.48. The highest BCUT2D eigenvalue weighted by Gasteiger charge is 2.28. The molecule has 1 heterocycles. The molecule has 0 unspecified atom stereocenters. The lowest BCUT2D eigenvalue weighted by Gasteiger charge is -2.41. The molecule has 1 saturated heterocycles. The SMILES string of the molecule is Cc1ccccc1NC(=S)N1CCC(N(C)C2CCCCCC2)CC1. The van der Waals surface area contributed by atoms with E-state index in [9.17, 15) is 0 Å². The van der Waals surface area contributed by atoms with Crippen molar-refractivity contribution in [2.75, 3.05) is 25.5 Å². The van der Waals surface area contributed by atoms with Crippen molar-refractivity contribution in [3.63, 3.8) is 0 Å². The van der Waals surface area contributed by atoms with Crippen molar-refractivity contribution < 1.29 is 0 Å². The van der Waals surface area contributed by atoms with E-state index in [1.54, 1.807) is 0 Å². The Bertz CT molecular complexity index is 558. The predicted molar refractivity (Wildman–Crippen MR) is 111 cm³/mol. The van der Waals surface area contributed by atoms with Crippen molar-refractivity contribution in [2.24, 2.45) is 0 Å². The number of anilines is 1. The third kappa shape index (κ3) is 4.95. The van der Waals surface area contributed by atoms with Crippen LogP contribution in [0, 0.1) is 6.92 Å². The standard InChI is InChI=1S/C21H33N3S/c1-17-9-7-8-12-20(17)22-21(25)24-15-13-19(14-16-24)23(2)18-10-5-3-4-6-11-18/h7-9,12,18-19H,3-6,10-11,13-16H2,1-2H3,(H,22,25). The van der Waals surface area contributed by atoms with Crippen molar-refractivity contribution in [2.45, 2.75) is 70.4 Å². The van der Waals surface area contributed by atoms with Gasteiger partial charge in [-0.2, -0.15) is 0 Å². The van der Waals surface area contributed by atoms with Crippen LogP contribution in [0.25, 0.3) is 0 Å². The van der Waals surface area contributed by atoms with Gasteiger partial charge in [0.05, 0.1) is 0 Å². The molecule has 1 aromatic rings. The number of nitrogens with zero attached hydrogens (tertiary/aromatic N) is 2. The fourth-order valence-electron chi connectivity index (χ4n) is 4.35. The molecule has 2 fully saturated rings. The number of hydrogen-bond donors (Lipinski definition) is 1. The summed E-state index contributed by atoms with van der Waals surface area (Å²) in [4.78, 5) is 5.04. The first-order valence-corrected chi connectivity index (χ1v) is 10.4. The highest BCUT2D eigenvalue weighted by atomic mass is 32.1. The Morgan fingerprint density at radius 2 is 1.60 bits per heavy atom. The van der Waals surface area contributed by atoms with Gasteiger partial charge in [0.1, 0.15) is 0 Å². The Hall–Kier alpha value is -1.13. The van der Waals surface area contributed by atoms with E-state index in [0.29, 0.717) is 0 Å². The maximum Gasteiger partial charge on any atom is 0.173 e. The first-order chi connectivity index (χ1) is 12.1. The Balaban J connectivity index is 1.49. The van der Waals surface area contributed by atoms with Gasteiger partial charge in [-0.3, -0.25) is 0 Å². The molecular weight excluding hydrogens is 326 g/mol. The first kappa shape index (κ1) is 18.7. The van der Waals surface area contributed by atoms with Crippen LogP contribution >= 0.6 is 12.2 Å². The number of nitrogens with one attached hydrogen (secondary N) is 1. The van der Waals surface area contributed by atoms with Crippen LogP contribution in [-0.2, 0) is 0 Å². The van der Waals surface area contributed by atoms with Crippen LogP contribution in [0.5, 0.6) is 0 Å². The van der Waals surface area contributed by atoms with Crippen LogP contribution in [0.1, 0.15) is 56.9 Å². The molecule has 1 saturated carbocycles. The van der Waals surface area contributed by atoms with Gasteiger partial charge >= 0.3 is 0 Å². The average Bonchev–Trinajstić information content (AvgIpc) is 2.92. The molecule has 0 atom stereocenters. The summed E-state index contributed by atoms with van der Waals surface area (Å²) in [5.74, 6) is 0. The average molecular weight is 360 g/mol. The number of hydrogen-bond acceptors (Lipinski definition) is 2. The summed E-state index contributed by atoms with van der Waals surface area (Å²) in [6.07, 6.45) is 10.9. The summed E-state index contributed by atoms with van der Waals surface area (Å²) < 4.78 is 0. The minimum absolute atomic E-state index is 0.723. The van der Waals surface area contributed by atoms with E-state index in [-0.39, 0.29) is 0 Å². The summed E-state index contributed by atoms with van der Waals surface area (Å²) in [7, 11) is 2.36. The van der Waals surface area contributed by atoms with Gasteiger partial charge in [0, 0.05) is 30.9 Å². The molecule has 3 rings (SSSR count). The molecule has 3 nitrogen and oxygen atoms in total. The second-order valence-corrected chi connectivity index (χ2v) is 8.16. The number of likely N-dealkylation sites (tertiary alicyclic amines) is 1. The van der Waals surface area contributed by atoms with Gasteiger partial charge in [-0.05, 0) is 63.5 Å². The molecule has 1 N–H and O–H groups in total. The lowest BCUT2D eigenvalue weighted by atomic mass is 9.99. The highest BCUT2D eigenvalue weighted by molar-refractivity contribution is 7.80. The summed E-state index contributed by atoms with van der Waals surface area (Å²) >= 11 is 5.66. The molecule has 25 heavy (non-hydrogen) atoms. The molecule has 2 aliphatic rings. The minimum atomic E-state index is 0.723. The van der Waals surface area contributed by atoms with Crippen molar-refractivity contribution in [3.05, 3.63) is 29.8 Å². The van der Waals surface area contributed by atoms with Gasteiger partial charge in [0.15, 0.2) is 5.11 Å². The highest BCUT2D eigenvalue weighted by Crippen LogP contribution is 2.26. The monoisotopic (exact) mass is 359 g/mol. The lowest BCUT2D eigenvalue weighted by molar-refractivity contribution is 0.111. The van der Waals surface area contributed by atoms with Gasteiger partial charge in [-0.1, -0.05) is 43.9 Å². The molecular formula is C21H33N3S. The molecule has 1 aromatic carbocycles. The number of thiocarbonyl (C=S) groups is 1. The van der Waals surface area contributed by atoms with Crippen LogP contribution < -0.4 is 5.32 Å². The molecule has 138 valence electrons. The Labute approximate surface area is 158 Å². The van der Waals surface area contributed by atoms with Crippen LogP contribution in [-0.4, -0.2) is 47.1 Å². The van der Waals surface area contributed by atoms with E-state index >= 15 is 0 Å². The van der Waals surface area contributed by atoms with Gasteiger partial charge in [0.2, 0.25) is 0 Å². The summed E-state index contributed by atoms with van der Waals surface area (Å²) in [6.45, 7) is 4.26. The largest absolute Gasteiger partial charge is 0.349 e. The van der Waals surface area contributed by atoms with E-state index in [1.165, 1.54) is 56.9 Å². The van der Waals surface area contributed by atoms with E-state index in [2.05, 4.69) is 53.4 Å². The summed E-state index contributed by atoms with van der Waals surface area (Å²) in [5, 5.41) is 4.32. The van der Waals surface area contributed by atoms with Gasteiger partial charge in [0.25, 0.3) is 0 Å². The molecule has 0 amide bonds. The van der Waals surface area contributed by atoms with Gasteiger partial charge in [-0.25, -0.2) is 0 Å². The molecule has 0 spiro atoms. The zero-order valence-corrected chi connectivity index (χ0v) is 16.7. The number of aryl methyl sites for hydroxylation is 1. The fraction of sp³-hybridized carbons (Fsp3) is 0.667. The van der Waals surface area contributed by atoms with Crippen molar-refractivity contribution in [1.82, 2.24) is 9.80 Å². The fourth-order valence-corrected chi connectivity index (χ4v) is 4.64. The van der Waals surface area contributed by atoms with Crippen LogP contribution in [0.3, 0.4) is 0 Å². The smallest absolute Gasteiger partial charge is 0.173 e. The number of para-hydroxylation sites is 1. The van der Waals surface area contributed by atoms with E-state index < -0.39 is 0 Å². The molecule has 0 radical (unpaired) electrons. The van der Waals surface area contributed by atoms with E-state index in [0.717, 1.165) is 36.0 Å². The van der Waals surface area contributed by atoms with E-state index in [1.807, 2.05) is 0 Å².